The molecular formula is C28H33FN8. The number of piperazine rings is 1. The normalized spacial score (nSPS) is 16.9. The van der Waals surface area contributed by atoms with E-state index in [0.29, 0.717) is 17.3 Å². The summed E-state index contributed by atoms with van der Waals surface area (Å²) >= 11 is 0. The molecule has 9 heteroatoms. The Hall–Kier alpha value is -3.43. The number of hydrogen-bond acceptors (Lipinski definition) is 7. The summed E-state index contributed by atoms with van der Waals surface area (Å²) in [4.78, 5) is 18.1. The molecule has 1 aromatic carbocycles. The molecule has 0 unspecified atom stereocenters. The van der Waals surface area contributed by atoms with Gasteiger partial charge >= 0.3 is 0 Å². The summed E-state index contributed by atoms with van der Waals surface area (Å²) in [6.45, 7) is 8.60. The Morgan fingerprint density at radius 3 is 2.54 bits per heavy atom. The maximum Gasteiger partial charge on any atom is 0.229 e. The molecule has 0 spiro atoms. The van der Waals surface area contributed by atoms with Crippen LogP contribution < -0.4 is 5.32 Å². The van der Waals surface area contributed by atoms with Crippen molar-refractivity contribution in [3.05, 3.63) is 59.8 Å². The number of pyridine rings is 1. The Labute approximate surface area is 216 Å². The first kappa shape index (κ1) is 23.9. The van der Waals surface area contributed by atoms with E-state index >= 15 is 0 Å². The van der Waals surface area contributed by atoms with Crippen LogP contribution in [0.25, 0.3) is 22.2 Å². The van der Waals surface area contributed by atoms with Gasteiger partial charge in [-0.15, -0.1) is 0 Å². The quantitative estimate of drug-likeness (QED) is 0.384. The van der Waals surface area contributed by atoms with Crippen LogP contribution in [-0.4, -0.2) is 67.3 Å². The van der Waals surface area contributed by atoms with Gasteiger partial charge in [-0.3, -0.25) is 9.58 Å². The van der Waals surface area contributed by atoms with Gasteiger partial charge in [-0.1, -0.05) is 19.1 Å². The number of halogens is 1. The van der Waals surface area contributed by atoms with Crippen molar-refractivity contribution in [3.63, 3.8) is 0 Å². The third kappa shape index (κ3) is 5.33. The van der Waals surface area contributed by atoms with Crippen LogP contribution in [0.4, 0.5) is 16.2 Å². The van der Waals surface area contributed by atoms with Crippen LogP contribution >= 0.6 is 0 Å². The van der Waals surface area contributed by atoms with E-state index in [-0.39, 0.29) is 5.69 Å². The third-order valence-corrected chi connectivity index (χ3v) is 7.54. The Morgan fingerprint density at radius 1 is 1.00 bits per heavy atom. The van der Waals surface area contributed by atoms with E-state index in [4.69, 9.17) is 0 Å². The van der Waals surface area contributed by atoms with Crippen LogP contribution in [0.3, 0.4) is 0 Å². The standard InChI is InChI=1S/C28H33FN8/c1-3-36-10-12-37(13-11-36)18-20-6-9-26(30-16-20)32-28-31-17-23(29)27(33-28)21-7-8-24-22(15-21)25(35(2)34-24)14-19-4-5-19/h6-9,15-17,19H,3-5,10-14,18H2,1-2H3,(H,30,31,32,33). The summed E-state index contributed by atoms with van der Waals surface area (Å²) < 4.78 is 16.8. The molecule has 0 bridgehead atoms. The van der Waals surface area contributed by atoms with Crippen LogP contribution in [0.5, 0.6) is 0 Å². The molecule has 1 aliphatic carbocycles. The van der Waals surface area contributed by atoms with Gasteiger partial charge in [-0.25, -0.2) is 19.3 Å². The number of benzene rings is 1. The number of hydrogen-bond donors (Lipinski definition) is 1. The topological polar surface area (TPSA) is 75.0 Å². The lowest BCUT2D eigenvalue weighted by Crippen LogP contribution is -2.45. The molecule has 3 aromatic heterocycles. The summed E-state index contributed by atoms with van der Waals surface area (Å²) in [5.41, 5.74) is 4.27. The minimum absolute atomic E-state index is 0.267. The average molecular weight is 501 g/mol. The first-order valence-corrected chi connectivity index (χ1v) is 13.2. The molecule has 1 aliphatic heterocycles. The molecule has 0 amide bonds. The first-order valence-electron chi connectivity index (χ1n) is 13.2. The lowest BCUT2D eigenvalue weighted by Gasteiger charge is -2.33. The molecule has 4 aromatic rings. The number of nitrogens with one attached hydrogen (secondary N) is 1. The molecule has 0 radical (unpaired) electrons. The predicted molar refractivity (Wildman–Crippen MR) is 143 cm³/mol. The summed E-state index contributed by atoms with van der Waals surface area (Å²) in [6.07, 6.45) is 6.65. The van der Waals surface area contributed by atoms with E-state index in [1.54, 1.807) is 0 Å². The van der Waals surface area contributed by atoms with E-state index in [1.807, 2.05) is 42.2 Å². The fourth-order valence-electron chi connectivity index (χ4n) is 5.09. The first-order chi connectivity index (χ1) is 18.1. The molecule has 37 heavy (non-hydrogen) atoms. The fraction of sp³-hybridized carbons (Fsp3) is 0.429. The Balaban J connectivity index is 1.18. The van der Waals surface area contributed by atoms with E-state index in [1.165, 1.54) is 30.3 Å². The van der Waals surface area contributed by atoms with Crippen LogP contribution in [0, 0.1) is 11.7 Å². The summed E-state index contributed by atoms with van der Waals surface area (Å²) in [6, 6.07) is 9.82. The van der Waals surface area contributed by atoms with Gasteiger partial charge in [-0.05, 0) is 55.5 Å². The number of fused-ring (bicyclic) bond motifs is 1. The monoisotopic (exact) mass is 500 g/mol. The Bertz CT molecular complexity index is 1390. The molecule has 8 nitrogen and oxygen atoms in total. The Kier molecular flexibility index (Phi) is 6.56. The van der Waals surface area contributed by atoms with Crippen molar-refractivity contribution in [1.29, 1.82) is 0 Å². The second-order valence-corrected chi connectivity index (χ2v) is 10.2. The largest absolute Gasteiger partial charge is 0.309 e. The average Bonchev–Trinajstić information content (AvgIpc) is 3.69. The van der Waals surface area contributed by atoms with E-state index in [9.17, 15) is 4.39 Å². The predicted octanol–water partition coefficient (Wildman–Crippen LogP) is 4.40. The van der Waals surface area contributed by atoms with Gasteiger partial charge in [0, 0.05) is 62.6 Å². The fourth-order valence-corrected chi connectivity index (χ4v) is 5.09. The van der Waals surface area contributed by atoms with E-state index in [2.05, 4.69) is 48.2 Å². The molecule has 2 aliphatic rings. The number of rotatable bonds is 8. The lowest BCUT2D eigenvalue weighted by atomic mass is 10.1. The number of aryl methyl sites for hydroxylation is 1. The van der Waals surface area contributed by atoms with Crippen molar-refractivity contribution in [2.75, 3.05) is 38.0 Å². The highest BCUT2D eigenvalue weighted by Gasteiger charge is 2.25. The van der Waals surface area contributed by atoms with Crippen LogP contribution in [0.2, 0.25) is 0 Å². The van der Waals surface area contributed by atoms with Gasteiger partial charge in [0.15, 0.2) is 5.82 Å². The van der Waals surface area contributed by atoms with E-state index in [0.717, 1.165) is 62.5 Å². The molecule has 1 saturated heterocycles. The van der Waals surface area contributed by atoms with Gasteiger partial charge in [0.1, 0.15) is 11.5 Å². The van der Waals surface area contributed by atoms with Crippen molar-refractivity contribution in [1.82, 2.24) is 34.5 Å². The van der Waals surface area contributed by atoms with Gasteiger partial charge < -0.3 is 10.2 Å². The van der Waals surface area contributed by atoms with Crippen LogP contribution in [0.15, 0.2) is 42.7 Å². The highest BCUT2D eigenvalue weighted by Crippen LogP contribution is 2.35. The van der Waals surface area contributed by atoms with Crippen molar-refractivity contribution >= 4 is 22.7 Å². The second kappa shape index (κ2) is 10.1. The zero-order chi connectivity index (χ0) is 25.4. The molecule has 1 saturated carbocycles. The van der Waals surface area contributed by atoms with E-state index < -0.39 is 5.82 Å². The number of anilines is 2. The van der Waals surface area contributed by atoms with Crippen molar-refractivity contribution in [3.8, 4) is 11.3 Å². The molecule has 1 N–H and O–H groups in total. The SMILES string of the molecule is CCN1CCN(Cc2ccc(Nc3ncc(F)c(-c4ccc5nn(C)c(CC6CC6)c5c4)n3)nc2)CC1. The lowest BCUT2D eigenvalue weighted by molar-refractivity contribution is 0.132. The zero-order valence-electron chi connectivity index (χ0n) is 21.5. The summed E-state index contributed by atoms with van der Waals surface area (Å²) in [5, 5.41) is 8.84. The molecule has 6 rings (SSSR count). The highest BCUT2D eigenvalue weighted by atomic mass is 19.1. The highest BCUT2D eigenvalue weighted by molar-refractivity contribution is 5.86. The maximum atomic E-state index is 14.8. The van der Waals surface area contributed by atoms with Crippen molar-refractivity contribution in [2.24, 2.45) is 13.0 Å². The van der Waals surface area contributed by atoms with Crippen LogP contribution in [0.1, 0.15) is 31.0 Å². The number of nitrogens with zero attached hydrogens (tertiary/aromatic N) is 7. The van der Waals surface area contributed by atoms with Crippen molar-refractivity contribution in [2.45, 2.75) is 32.7 Å². The smallest absolute Gasteiger partial charge is 0.229 e. The zero-order valence-corrected chi connectivity index (χ0v) is 21.5. The minimum Gasteiger partial charge on any atom is -0.309 e. The molecule has 0 atom stereocenters. The minimum atomic E-state index is -0.455. The molecular weight excluding hydrogens is 467 g/mol. The van der Waals surface area contributed by atoms with Gasteiger partial charge in [0.2, 0.25) is 5.95 Å². The maximum absolute atomic E-state index is 14.8. The number of likely N-dealkylation sites (N-methyl/N-ethyl adjacent to an activating group) is 1. The van der Waals surface area contributed by atoms with Gasteiger partial charge in [-0.2, -0.15) is 5.10 Å². The third-order valence-electron chi connectivity index (χ3n) is 7.54. The molecule has 2 fully saturated rings. The van der Waals surface area contributed by atoms with Crippen LogP contribution in [-0.2, 0) is 20.0 Å². The number of aromatic nitrogens is 5. The van der Waals surface area contributed by atoms with Crippen molar-refractivity contribution < 1.29 is 4.39 Å². The summed E-state index contributed by atoms with van der Waals surface area (Å²) in [7, 11) is 1.98. The second-order valence-electron chi connectivity index (χ2n) is 10.2. The van der Waals surface area contributed by atoms with Gasteiger partial charge in [0.05, 0.1) is 11.7 Å². The molecule has 192 valence electrons. The Morgan fingerprint density at radius 2 is 1.81 bits per heavy atom. The molecule has 4 heterocycles. The summed E-state index contributed by atoms with van der Waals surface area (Å²) in [5.74, 6) is 1.23. The van der Waals surface area contributed by atoms with Gasteiger partial charge in [0.25, 0.3) is 0 Å².